The molecule has 1 fully saturated rings. The van der Waals surface area contributed by atoms with Gasteiger partial charge in [0.15, 0.2) is 0 Å². The molecule has 0 spiro atoms. The van der Waals surface area contributed by atoms with Gasteiger partial charge in [0.1, 0.15) is 0 Å². The van der Waals surface area contributed by atoms with Crippen LogP contribution in [0.3, 0.4) is 0 Å². The smallest absolute Gasteiger partial charge is 0.218 e. The highest BCUT2D eigenvalue weighted by Gasteiger charge is 2.19. The Kier molecular flexibility index (Phi) is 6.05. The molecule has 0 bridgehead atoms. The van der Waals surface area contributed by atoms with Crippen molar-refractivity contribution in [1.29, 1.82) is 0 Å². The number of nitrogens with zero attached hydrogens (tertiary/aromatic N) is 2. The summed E-state index contributed by atoms with van der Waals surface area (Å²) in [4.78, 5) is 2.40. The van der Waals surface area contributed by atoms with Crippen LogP contribution in [0.1, 0.15) is 24.8 Å². The number of hydrogen-bond acceptors (Lipinski definition) is 3. The molecule has 0 atom stereocenters. The quantitative estimate of drug-likeness (QED) is 0.771. The first-order valence-electron chi connectivity index (χ1n) is 7.38. The van der Waals surface area contributed by atoms with Crippen molar-refractivity contribution in [2.24, 2.45) is 0 Å². The zero-order valence-electron chi connectivity index (χ0n) is 12.5. The normalized spacial score (nSPS) is 16.7. The third kappa shape index (κ3) is 5.25. The predicted molar refractivity (Wildman–Crippen MR) is 87.0 cm³/mol. The van der Waals surface area contributed by atoms with E-state index >= 15 is 0 Å². The molecule has 0 aliphatic carbocycles. The maximum atomic E-state index is 12.3. The Morgan fingerprint density at radius 3 is 2.67 bits per heavy atom. The van der Waals surface area contributed by atoms with E-state index in [0.717, 1.165) is 31.6 Å². The van der Waals surface area contributed by atoms with Crippen LogP contribution in [0.15, 0.2) is 24.3 Å². The number of hydrogen-bond donors (Lipinski definition) is 0. The highest BCUT2D eigenvalue weighted by Crippen LogP contribution is 2.15. The molecule has 0 radical (unpaired) electrons. The number of benzene rings is 1. The van der Waals surface area contributed by atoms with Crippen molar-refractivity contribution in [3.63, 3.8) is 0 Å². The van der Waals surface area contributed by atoms with Crippen LogP contribution in [-0.4, -0.2) is 50.8 Å². The molecule has 0 N–H and O–H groups in total. The highest BCUT2D eigenvalue weighted by atomic mass is 35.5. The Morgan fingerprint density at radius 1 is 1.29 bits per heavy atom. The van der Waals surface area contributed by atoms with Crippen LogP contribution < -0.4 is 0 Å². The lowest BCUT2D eigenvalue weighted by Crippen LogP contribution is -2.31. The van der Waals surface area contributed by atoms with Crippen LogP contribution in [0.4, 0.5) is 0 Å². The number of sulfonamides is 1. The summed E-state index contributed by atoms with van der Waals surface area (Å²) in [6, 6.07) is 7.02. The molecular weight excluding hydrogens is 308 g/mol. The molecule has 6 heteroatoms. The van der Waals surface area contributed by atoms with E-state index in [-0.39, 0.29) is 5.75 Å². The van der Waals surface area contributed by atoms with Crippen LogP contribution >= 0.6 is 11.6 Å². The Labute approximate surface area is 132 Å². The SMILES string of the molecule is CN(CCCN1CCCC1)S(=O)(=O)Cc1cccc(Cl)c1. The third-order valence-electron chi connectivity index (χ3n) is 3.86. The van der Waals surface area contributed by atoms with Crippen molar-refractivity contribution in [2.45, 2.75) is 25.0 Å². The van der Waals surface area contributed by atoms with Crippen molar-refractivity contribution in [1.82, 2.24) is 9.21 Å². The predicted octanol–water partition coefficient (Wildman–Crippen LogP) is 2.59. The van der Waals surface area contributed by atoms with Gasteiger partial charge in [0.25, 0.3) is 0 Å². The van der Waals surface area contributed by atoms with Crippen LogP contribution in [0, 0.1) is 0 Å². The number of likely N-dealkylation sites (tertiary alicyclic amines) is 1. The maximum absolute atomic E-state index is 12.3. The molecule has 1 aliphatic heterocycles. The molecule has 0 aromatic heterocycles. The van der Waals surface area contributed by atoms with Crippen LogP contribution in [0.5, 0.6) is 0 Å². The first kappa shape index (κ1) is 16.7. The van der Waals surface area contributed by atoms with E-state index in [2.05, 4.69) is 4.90 Å². The van der Waals surface area contributed by atoms with Gasteiger partial charge in [-0.05, 0) is 56.6 Å². The van der Waals surface area contributed by atoms with Gasteiger partial charge in [-0.2, -0.15) is 0 Å². The topological polar surface area (TPSA) is 40.6 Å². The van der Waals surface area contributed by atoms with Crippen molar-refractivity contribution in [2.75, 3.05) is 33.2 Å². The summed E-state index contributed by atoms with van der Waals surface area (Å²) in [5, 5.41) is 0.569. The fourth-order valence-corrected chi connectivity index (χ4v) is 4.05. The lowest BCUT2D eigenvalue weighted by molar-refractivity contribution is 0.319. The summed E-state index contributed by atoms with van der Waals surface area (Å²) in [5.74, 6) is 0.00771. The van der Waals surface area contributed by atoms with Gasteiger partial charge in [-0.1, -0.05) is 23.7 Å². The van der Waals surface area contributed by atoms with E-state index in [4.69, 9.17) is 11.6 Å². The van der Waals surface area contributed by atoms with Crippen LogP contribution in [-0.2, 0) is 15.8 Å². The van der Waals surface area contributed by atoms with Crippen molar-refractivity contribution >= 4 is 21.6 Å². The molecule has 1 aromatic carbocycles. The van der Waals surface area contributed by atoms with E-state index in [0.29, 0.717) is 11.6 Å². The molecule has 0 amide bonds. The highest BCUT2D eigenvalue weighted by molar-refractivity contribution is 7.88. The second kappa shape index (κ2) is 7.58. The van der Waals surface area contributed by atoms with Gasteiger partial charge in [-0.15, -0.1) is 0 Å². The Balaban J connectivity index is 1.83. The van der Waals surface area contributed by atoms with Gasteiger partial charge < -0.3 is 4.90 Å². The second-order valence-corrected chi connectivity index (χ2v) is 8.12. The van der Waals surface area contributed by atoms with Crippen molar-refractivity contribution in [3.05, 3.63) is 34.9 Å². The summed E-state index contributed by atoms with van der Waals surface area (Å²) in [5.41, 5.74) is 0.730. The molecule has 4 nitrogen and oxygen atoms in total. The van der Waals surface area contributed by atoms with Gasteiger partial charge in [0.05, 0.1) is 5.75 Å². The molecule has 1 heterocycles. The fourth-order valence-electron chi connectivity index (χ4n) is 2.61. The standard InChI is InChI=1S/C15H23ClN2O2S/c1-17(8-5-11-18-9-2-3-10-18)21(19,20)13-14-6-4-7-15(16)12-14/h4,6-7,12H,2-3,5,8-11,13H2,1H3. The molecule has 1 aliphatic rings. The molecular formula is C15H23ClN2O2S. The molecule has 1 aromatic rings. The molecule has 2 rings (SSSR count). The molecule has 0 unspecified atom stereocenters. The van der Waals surface area contributed by atoms with E-state index in [1.807, 2.05) is 0 Å². The Bertz CT molecular complexity index is 557. The number of halogens is 1. The molecule has 0 saturated carbocycles. The average Bonchev–Trinajstić information content (AvgIpc) is 2.91. The van der Waals surface area contributed by atoms with Gasteiger partial charge in [-0.3, -0.25) is 0 Å². The minimum Gasteiger partial charge on any atom is -0.303 e. The summed E-state index contributed by atoms with van der Waals surface area (Å²) >= 11 is 5.90. The monoisotopic (exact) mass is 330 g/mol. The number of rotatable bonds is 7. The first-order valence-corrected chi connectivity index (χ1v) is 9.37. The summed E-state index contributed by atoms with van der Waals surface area (Å²) < 4.78 is 26.1. The molecule has 21 heavy (non-hydrogen) atoms. The molecule has 1 saturated heterocycles. The van der Waals surface area contributed by atoms with Crippen molar-refractivity contribution < 1.29 is 8.42 Å². The minimum atomic E-state index is -3.27. The second-order valence-electron chi connectivity index (χ2n) is 5.61. The van der Waals surface area contributed by atoms with Gasteiger partial charge in [0.2, 0.25) is 10.0 Å². The third-order valence-corrected chi connectivity index (χ3v) is 5.92. The Hall–Kier alpha value is -0.620. The zero-order valence-corrected chi connectivity index (χ0v) is 14.0. The van der Waals surface area contributed by atoms with E-state index in [1.165, 1.54) is 17.1 Å². The Morgan fingerprint density at radius 2 is 2.00 bits per heavy atom. The summed E-state index contributed by atoms with van der Waals surface area (Å²) in [6.07, 6.45) is 3.41. The van der Waals surface area contributed by atoms with Gasteiger partial charge >= 0.3 is 0 Å². The maximum Gasteiger partial charge on any atom is 0.218 e. The summed E-state index contributed by atoms with van der Waals surface area (Å²) in [7, 11) is -1.61. The fraction of sp³-hybridized carbons (Fsp3) is 0.600. The van der Waals surface area contributed by atoms with Crippen molar-refractivity contribution in [3.8, 4) is 0 Å². The molecule has 118 valence electrons. The van der Waals surface area contributed by atoms with Crippen LogP contribution in [0.2, 0.25) is 5.02 Å². The van der Waals surface area contributed by atoms with E-state index < -0.39 is 10.0 Å². The van der Waals surface area contributed by atoms with E-state index in [9.17, 15) is 8.42 Å². The van der Waals surface area contributed by atoms with E-state index in [1.54, 1.807) is 31.3 Å². The average molecular weight is 331 g/mol. The van der Waals surface area contributed by atoms with Crippen LogP contribution in [0.25, 0.3) is 0 Å². The first-order chi connectivity index (χ1) is 9.97. The minimum absolute atomic E-state index is 0.00771. The zero-order chi connectivity index (χ0) is 15.3. The lowest BCUT2D eigenvalue weighted by Gasteiger charge is -2.19. The van der Waals surface area contributed by atoms with Gasteiger partial charge in [0, 0.05) is 18.6 Å². The largest absolute Gasteiger partial charge is 0.303 e. The van der Waals surface area contributed by atoms with Gasteiger partial charge in [-0.25, -0.2) is 12.7 Å². The summed E-state index contributed by atoms with van der Waals surface area (Å²) in [6.45, 7) is 3.86. The lowest BCUT2D eigenvalue weighted by atomic mass is 10.2.